The number of pyridine rings is 1. The number of amides is 1. The Morgan fingerprint density at radius 2 is 1.97 bits per heavy atom. The summed E-state index contributed by atoms with van der Waals surface area (Å²) in [6, 6.07) is 9.08. The summed E-state index contributed by atoms with van der Waals surface area (Å²) in [5.74, 6) is 0.531. The molecule has 0 radical (unpaired) electrons. The van der Waals surface area contributed by atoms with E-state index in [0.29, 0.717) is 28.6 Å². The second-order valence-electron chi connectivity index (χ2n) is 7.10. The van der Waals surface area contributed by atoms with E-state index in [1.807, 2.05) is 6.07 Å². The molecule has 8 nitrogen and oxygen atoms in total. The highest BCUT2D eigenvalue weighted by Crippen LogP contribution is 2.25. The number of rotatable bonds is 5. The zero-order valence-corrected chi connectivity index (χ0v) is 16.1. The Balaban J connectivity index is 1.59. The van der Waals surface area contributed by atoms with Gasteiger partial charge in [-0.1, -0.05) is 12.1 Å². The number of hydrogen-bond acceptors (Lipinski definition) is 7. The number of aliphatic hydroxyl groups excluding tert-OH is 1. The van der Waals surface area contributed by atoms with Crippen molar-refractivity contribution in [2.45, 2.75) is 37.8 Å². The lowest BCUT2D eigenvalue weighted by Crippen LogP contribution is -2.29. The van der Waals surface area contributed by atoms with Gasteiger partial charge in [0.1, 0.15) is 5.69 Å². The van der Waals surface area contributed by atoms with Crippen molar-refractivity contribution in [2.75, 3.05) is 17.7 Å². The van der Waals surface area contributed by atoms with Crippen LogP contribution in [0, 0.1) is 0 Å². The molecule has 0 atom stereocenters. The number of nitrogens with zero attached hydrogens (tertiary/aromatic N) is 3. The molecule has 0 bridgehead atoms. The number of nitrogens with one attached hydrogen (secondary N) is 2. The number of fused-ring (bicyclic) bond motifs is 1. The molecule has 3 aromatic rings. The number of para-hydroxylation sites is 1. The van der Waals surface area contributed by atoms with Gasteiger partial charge >= 0.3 is 0 Å². The van der Waals surface area contributed by atoms with Gasteiger partial charge in [0.05, 0.1) is 24.3 Å². The maximum Gasteiger partial charge on any atom is 0.258 e. The molecule has 0 spiro atoms. The topological polar surface area (TPSA) is 109 Å². The quantitative estimate of drug-likeness (QED) is 0.611. The van der Waals surface area contributed by atoms with Crippen molar-refractivity contribution in [1.82, 2.24) is 15.0 Å². The fraction of sp³-hybridized carbons (Fsp3) is 0.333. The molecule has 1 aliphatic rings. The zero-order chi connectivity index (χ0) is 20.2. The lowest BCUT2D eigenvalue weighted by atomic mass is 9.93. The second kappa shape index (κ2) is 8.40. The van der Waals surface area contributed by atoms with E-state index in [1.165, 1.54) is 7.11 Å². The smallest absolute Gasteiger partial charge is 0.258 e. The molecule has 2 heterocycles. The van der Waals surface area contributed by atoms with Crippen LogP contribution >= 0.6 is 0 Å². The molecule has 0 saturated heterocycles. The average molecular weight is 393 g/mol. The van der Waals surface area contributed by atoms with Crippen molar-refractivity contribution in [3.05, 3.63) is 48.3 Å². The SMILES string of the molecule is COc1ncccc1NC(=O)c1cccc2cnc(NC3CCC(O)CC3)nc12. The Hall–Kier alpha value is -3.26. The van der Waals surface area contributed by atoms with Crippen LogP contribution in [0.5, 0.6) is 5.88 Å². The van der Waals surface area contributed by atoms with Gasteiger partial charge in [0.25, 0.3) is 5.91 Å². The highest BCUT2D eigenvalue weighted by atomic mass is 16.5. The number of carbonyl (C=O) groups is 1. The molecule has 2 aromatic heterocycles. The second-order valence-corrected chi connectivity index (χ2v) is 7.10. The summed E-state index contributed by atoms with van der Waals surface area (Å²) in [7, 11) is 1.51. The Bertz CT molecular complexity index is 1020. The van der Waals surface area contributed by atoms with Crippen LogP contribution < -0.4 is 15.4 Å². The number of carbonyl (C=O) groups excluding carboxylic acids is 1. The van der Waals surface area contributed by atoms with Gasteiger partial charge in [0.15, 0.2) is 0 Å². The summed E-state index contributed by atoms with van der Waals surface area (Å²) in [5, 5.41) is 16.6. The number of anilines is 2. The van der Waals surface area contributed by atoms with Crippen LogP contribution in [0.1, 0.15) is 36.0 Å². The van der Waals surface area contributed by atoms with Crippen LogP contribution in [-0.4, -0.2) is 45.2 Å². The monoisotopic (exact) mass is 393 g/mol. The Kier molecular flexibility index (Phi) is 5.53. The first-order valence-electron chi connectivity index (χ1n) is 9.65. The minimum Gasteiger partial charge on any atom is -0.480 e. The Morgan fingerprint density at radius 1 is 1.14 bits per heavy atom. The van der Waals surface area contributed by atoms with Crippen molar-refractivity contribution in [3.63, 3.8) is 0 Å². The fourth-order valence-electron chi connectivity index (χ4n) is 3.55. The number of ether oxygens (including phenoxy) is 1. The van der Waals surface area contributed by atoms with Gasteiger partial charge < -0.3 is 20.5 Å². The minimum absolute atomic E-state index is 0.217. The van der Waals surface area contributed by atoms with Crippen LogP contribution in [-0.2, 0) is 0 Å². The molecule has 1 aromatic carbocycles. The molecule has 4 rings (SSSR count). The number of aromatic nitrogens is 3. The van der Waals surface area contributed by atoms with Crippen molar-refractivity contribution < 1.29 is 14.6 Å². The Morgan fingerprint density at radius 3 is 2.76 bits per heavy atom. The molecule has 1 fully saturated rings. The molecule has 1 aliphatic carbocycles. The van der Waals surface area contributed by atoms with Gasteiger partial charge in [0.2, 0.25) is 11.8 Å². The van der Waals surface area contributed by atoms with Gasteiger partial charge in [-0.15, -0.1) is 0 Å². The van der Waals surface area contributed by atoms with E-state index in [4.69, 9.17) is 4.74 Å². The van der Waals surface area contributed by atoms with Gasteiger partial charge in [-0.3, -0.25) is 4.79 Å². The van der Waals surface area contributed by atoms with Crippen molar-refractivity contribution in [3.8, 4) is 5.88 Å². The molecule has 1 amide bonds. The normalized spacial score (nSPS) is 19.0. The van der Waals surface area contributed by atoms with E-state index in [-0.39, 0.29) is 18.1 Å². The first-order chi connectivity index (χ1) is 14.1. The molecule has 1 saturated carbocycles. The van der Waals surface area contributed by atoms with E-state index in [2.05, 4.69) is 25.6 Å². The van der Waals surface area contributed by atoms with E-state index < -0.39 is 0 Å². The van der Waals surface area contributed by atoms with Crippen LogP contribution in [0.25, 0.3) is 10.9 Å². The summed E-state index contributed by atoms with van der Waals surface area (Å²) in [6.45, 7) is 0. The molecule has 0 aliphatic heterocycles. The number of aliphatic hydroxyl groups is 1. The summed E-state index contributed by atoms with van der Waals surface area (Å²) < 4.78 is 5.20. The molecular weight excluding hydrogens is 370 g/mol. The van der Waals surface area contributed by atoms with Gasteiger partial charge in [-0.25, -0.2) is 15.0 Å². The van der Waals surface area contributed by atoms with Gasteiger partial charge in [-0.05, 0) is 43.9 Å². The largest absolute Gasteiger partial charge is 0.480 e. The lowest BCUT2D eigenvalue weighted by Gasteiger charge is -2.26. The molecule has 29 heavy (non-hydrogen) atoms. The predicted octanol–water partition coefficient (Wildman–Crippen LogP) is 3.00. The summed E-state index contributed by atoms with van der Waals surface area (Å²) in [4.78, 5) is 26.0. The molecule has 3 N–H and O–H groups in total. The zero-order valence-electron chi connectivity index (χ0n) is 16.1. The van der Waals surface area contributed by atoms with E-state index >= 15 is 0 Å². The van der Waals surface area contributed by atoms with Crippen LogP contribution in [0.2, 0.25) is 0 Å². The standard InChI is InChI=1S/C21H23N5O3/c1-29-20-17(6-3-11-22-20)25-19(28)16-5-2-4-13-12-23-21(26-18(13)16)24-14-7-9-15(27)10-8-14/h2-6,11-12,14-15,27H,7-10H2,1H3,(H,25,28)(H,23,24,26). The highest BCUT2D eigenvalue weighted by molar-refractivity contribution is 6.12. The van der Waals surface area contributed by atoms with E-state index in [9.17, 15) is 9.90 Å². The molecule has 0 unspecified atom stereocenters. The minimum atomic E-state index is -0.299. The third-order valence-corrected chi connectivity index (χ3v) is 5.10. The van der Waals surface area contributed by atoms with Crippen molar-refractivity contribution in [2.24, 2.45) is 0 Å². The number of hydrogen-bond donors (Lipinski definition) is 3. The molecule has 150 valence electrons. The first kappa shape index (κ1) is 19.1. The first-order valence-corrected chi connectivity index (χ1v) is 9.65. The van der Waals surface area contributed by atoms with Gasteiger partial charge in [-0.2, -0.15) is 0 Å². The molecule has 8 heteroatoms. The third-order valence-electron chi connectivity index (χ3n) is 5.10. The van der Waals surface area contributed by atoms with Crippen molar-refractivity contribution >= 4 is 28.4 Å². The summed E-state index contributed by atoms with van der Waals surface area (Å²) in [6.07, 6.45) is 6.37. The van der Waals surface area contributed by atoms with Crippen molar-refractivity contribution in [1.29, 1.82) is 0 Å². The fourth-order valence-corrected chi connectivity index (χ4v) is 3.55. The number of methoxy groups -OCH3 is 1. The number of benzene rings is 1. The maximum absolute atomic E-state index is 12.9. The Labute approximate surface area is 168 Å². The van der Waals surface area contributed by atoms with Crippen LogP contribution in [0.4, 0.5) is 11.6 Å². The summed E-state index contributed by atoms with van der Waals surface area (Å²) >= 11 is 0. The summed E-state index contributed by atoms with van der Waals surface area (Å²) in [5.41, 5.74) is 1.50. The average Bonchev–Trinajstić information content (AvgIpc) is 2.75. The lowest BCUT2D eigenvalue weighted by molar-refractivity contribution is 0.102. The van der Waals surface area contributed by atoms with E-state index in [1.54, 1.807) is 36.7 Å². The maximum atomic E-state index is 12.9. The highest BCUT2D eigenvalue weighted by Gasteiger charge is 2.20. The molecular formula is C21H23N5O3. The predicted molar refractivity (Wildman–Crippen MR) is 110 cm³/mol. The van der Waals surface area contributed by atoms with Crippen LogP contribution in [0.3, 0.4) is 0 Å². The van der Waals surface area contributed by atoms with Gasteiger partial charge in [0, 0.05) is 23.8 Å². The third kappa shape index (κ3) is 4.27. The van der Waals surface area contributed by atoms with E-state index in [0.717, 1.165) is 31.1 Å². The van der Waals surface area contributed by atoms with Crippen LogP contribution in [0.15, 0.2) is 42.7 Å².